The van der Waals surface area contributed by atoms with E-state index in [0.29, 0.717) is 6.04 Å². The molecular formula is C22H28N4OS. The second kappa shape index (κ2) is 8.95. The van der Waals surface area contributed by atoms with Gasteiger partial charge in [0.05, 0.1) is 0 Å². The molecule has 0 bridgehead atoms. The highest BCUT2D eigenvalue weighted by molar-refractivity contribution is 7.99. The van der Waals surface area contributed by atoms with Crippen molar-refractivity contribution in [3.8, 4) is 0 Å². The van der Waals surface area contributed by atoms with E-state index in [4.69, 9.17) is 0 Å². The van der Waals surface area contributed by atoms with Gasteiger partial charge in [0, 0.05) is 42.3 Å². The van der Waals surface area contributed by atoms with E-state index in [9.17, 15) is 4.79 Å². The molecule has 1 aliphatic carbocycles. The van der Waals surface area contributed by atoms with Crippen LogP contribution in [-0.2, 0) is 4.79 Å². The minimum absolute atomic E-state index is 0.126. The summed E-state index contributed by atoms with van der Waals surface area (Å²) in [5.41, 5.74) is 1.24. The van der Waals surface area contributed by atoms with Crippen LogP contribution in [0.25, 0.3) is 0 Å². The molecular weight excluding hydrogens is 368 g/mol. The smallest absolute Gasteiger partial charge is 0.223 e. The average molecular weight is 397 g/mol. The van der Waals surface area contributed by atoms with Crippen molar-refractivity contribution in [2.75, 3.05) is 18.0 Å². The number of nitrogens with zero attached hydrogens (tertiary/aromatic N) is 3. The number of carbonyl (C=O) groups excluding carboxylic acids is 1. The summed E-state index contributed by atoms with van der Waals surface area (Å²) in [6, 6.07) is 8.85. The molecule has 1 N–H and O–H groups in total. The Labute approximate surface area is 171 Å². The molecule has 2 heterocycles. The minimum atomic E-state index is 0.126. The summed E-state index contributed by atoms with van der Waals surface area (Å²) in [5, 5.41) is 4.20. The lowest BCUT2D eigenvalue weighted by Gasteiger charge is -2.33. The second-order valence-electron chi connectivity index (χ2n) is 7.85. The average Bonchev–Trinajstić information content (AvgIpc) is 3.22. The first-order valence-electron chi connectivity index (χ1n) is 10.3. The summed E-state index contributed by atoms with van der Waals surface area (Å²) >= 11 is 1.66. The SMILES string of the molecule is Cc1cccc(Sc2nccnc2N2CCC(C(=O)NC3CCCC3)CC2)c1. The Morgan fingerprint density at radius 1 is 1.11 bits per heavy atom. The van der Waals surface area contributed by atoms with E-state index in [2.05, 4.69) is 51.4 Å². The van der Waals surface area contributed by atoms with Crippen LogP contribution in [0.4, 0.5) is 5.82 Å². The highest BCUT2D eigenvalue weighted by atomic mass is 32.2. The van der Waals surface area contributed by atoms with Gasteiger partial charge in [0.2, 0.25) is 5.91 Å². The van der Waals surface area contributed by atoms with Crippen LogP contribution in [0.5, 0.6) is 0 Å². The Balaban J connectivity index is 1.38. The fourth-order valence-electron chi connectivity index (χ4n) is 4.14. The molecule has 148 valence electrons. The summed E-state index contributed by atoms with van der Waals surface area (Å²) in [6.07, 6.45) is 10.0. The Kier molecular flexibility index (Phi) is 6.15. The lowest BCUT2D eigenvalue weighted by molar-refractivity contribution is -0.126. The number of carbonyl (C=O) groups is 1. The highest BCUT2D eigenvalue weighted by Gasteiger charge is 2.29. The standard InChI is InChI=1S/C22H28N4OS/c1-16-5-4-8-19(15-16)28-22-20(23-11-12-24-22)26-13-9-17(10-14-26)21(27)25-18-6-2-3-7-18/h4-5,8,11-12,15,17-18H,2-3,6-7,9-10,13-14H2,1H3,(H,25,27). The molecule has 2 aromatic rings. The number of rotatable bonds is 5. The Bertz CT molecular complexity index is 814. The largest absolute Gasteiger partial charge is 0.354 e. The van der Waals surface area contributed by atoms with E-state index < -0.39 is 0 Å². The number of anilines is 1. The second-order valence-corrected chi connectivity index (χ2v) is 8.92. The lowest BCUT2D eigenvalue weighted by Crippen LogP contribution is -2.43. The fourth-order valence-corrected chi connectivity index (χ4v) is 5.14. The number of benzene rings is 1. The van der Waals surface area contributed by atoms with Gasteiger partial charge in [-0.05, 0) is 44.7 Å². The molecule has 1 amide bonds. The third kappa shape index (κ3) is 4.66. The molecule has 0 atom stereocenters. The maximum Gasteiger partial charge on any atom is 0.223 e. The molecule has 0 unspecified atom stereocenters. The van der Waals surface area contributed by atoms with Gasteiger partial charge < -0.3 is 10.2 Å². The molecule has 6 heteroatoms. The van der Waals surface area contributed by atoms with Crippen molar-refractivity contribution in [3.05, 3.63) is 42.2 Å². The number of hydrogen-bond donors (Lipinski definition) is 1. The predicted molar refractivity (Wildman–Crippen MR) is 113 cm³/mol. The normalized spacial score (nSPS) is 18.4. The van der Waals surface area contributed by atoms with Gasteiger partial charge in [-0.3, -0.25) is 4.79 Å². The van der Waals surface area contributed by atoms with Crippen molar-refractivity contribution in [1.29, 1.82) is 0 Å². The molecule has 28 heavy (non-hydrogen) atoms. The molecule has 2 aliphatic rings. The lowest BCUT2D eigenvalue weighted by atomic mass is 9.95. The van der Waals surface area contributed by atoms with Crippen LogP contribution in [0.15, 0.2) is 46.6 Å². The molecule has 1 aliphatic heterocycles. The van der Waals surface area contributed by atoms with Crippen molar-refractivity contribution in [2.24, 2.45) is 5.92 Å². The number of aryl methyl sites for hydroxylation is 1. The number of hydrogen-bond acceptors (Lipinski definition) is 5. The molecule has 1 saturated carbocycles. The Hall–Kier alpha value is -2.08. The topological polar surface area (TPSA) is 58.1 Å². The van der Waals surface area contributed by atoms with Gasteiger partial charge in [-0.15, -0.1) is 0 Å². The molecule has 0 radical (unpaired) electrons. The number of nitrogens with one attached hydrogen (secondary N) is 1. The van der Waals surface area contributed by atoms with Crippen LogP contribution in [0.3, 0.4) is 0 Å². The van der Waals surface area contributed by atoms with Crippen molar-refractivity contribution >= 4 is 23.5 Å². The van der Waals surface area contributed by atoms with Crippen LogP contribution in [-0.4, -0.2) is 35.0 Å². The number of amides is 1. The summed E-state index contributed by atoms with van der Waals surface area (Å²) in [4.78, 5) is 25.2. The minimum Gasteiger partial charge on any atom is -0.354 e. The predicted octanol–water partition coefficient (Wildman–Crippen LogP) is 4.21. The van der Waals surface area contributed by atoms with Gasteiger partial charge in [0.15, 0.2) is 5.82 Å². The Morgan fingerprint density at radius 2 is 1.86 bits per heavy atom. The van der Waals surface area contributed by atoms with Crippen molar-refractivity contribution in [3.63, 3.8) is 0 Å². The van der Waals surface area contributed by atoms with Crippen LogP contribution < -0.4 is 10.2 Å². The first kappa shape index (κ1) is 19.2. The van der Waals surface area contributed by atoms with Crippen LogP contribution in [0, 0.1) is 12.8 Å². The van der Waals surface area contributed by atoms with Gasteiger partial charge in [-0.1, -0.05) is 42.3 Å². The molecule has 1 aromatic carbocycles. The fraction of sp³-hybridized carbons (Fsp3) is 0.500. The molecule has 0 spiro atoms. The van der Waals surface area contributed by atoms with E-state index in [1.165, 1.54) is 23.3 Å². The van der Waals surface area contributed by atoms with Crippen LogP contribution in [0.2, 0.25) is 0 Å². The van der Waals surface area contributed by atoms with E-state index >= 15 is 0 Å². The zero-order valence-electron chi connectivity index (χ0n) is 16.4. The van der Waals surface area contributed by atoms with E-state index in [-0.39, 0.29) is 11.8 Å². The Morgan fingerprint density at radius 3 is 2.61 bits per heavy atom. The zero-order valence-corrected chi connectivity index (χ0v) is 17.3. The summed E-state index contributed by atoms with van der Waals surface area (Å²) in [6.45, 7) is 3.80. The van der Waals surface area contributed by atoms with Gasteiger partial charge in [-0.2, -0.15) is 0 Å². The monoisotopic (exact) mass is 396 g/mol. The van der Waals surface area contributed by atoms with E-state index in [1.807, 2.05) is 0 Å². The quantitative estimate of drug-likeness (QED) is 0.820. The zero-order chi connectivity index (χ0) is 19.3. The van der Waals surface area contributed by atoms with Crippen molar-refractivity contribution in [1.82, 2.24) is 15.3 Å². The summed E-state index contributed by atoms with van der Waals surface area (Å²) in [5.74, 6) is 1.31. The third-order valence-electron chi connectivity index (χ3n) is 5.72. The number of piperidine rings is 1. The molecule has 4 rings (SSSR count). The van der Waals surface area contributed by atoms with Gasteiger partial charge >= 0.3 is 0 Å². The van der Waals surface area contributed by atoms with Gasteiger partial charge in [0.25, 0.3) is 0 Å². The summed E-state index contributed by atoms with van der Waals surface area (Å²) < 4.78 is 0. The highest BCUT2D eigenvalue weighted by Crippen LogP contribution is 2.34. The molecule has 2 fully saturated rings. The van der Waals surface area contributed by atoms with Gasteiger partial charge in [0.1, 0.15) is 5.03 Å². The third-order valence-corrected chi connectivity index (χ3v) is 6.69. The molecule has 1 aromatic heterocycles. The number of aromatic nitrogens is 2. The maximum absolute atomic E-state index is 12.6. The van der Waals surface area contributed by atoms with Crippen molar-refractivity contribution < 1.29 is 4.79 Å². The first-order chi connectivity index (χ1) is 13.7. The van der Waals surface area contributed by atoms with E-state index in [1.54, 1.807) is 24.2 Å². The van der Waals surface area contributed by atoms with Gasteiger partial charge in [-0.25, -0.2) is 9.97 Å². The molecule has 5 nitrogen and oxygen atoms in total. The van der Waals surface area contributed by atoms with Crippen LogP contribution >= 0.6 is 11.8 Å². The van der Waals surface area contributed by atoms with Crippen LogP contribution in [0.1, 0.15) is 44.1 Å². The van der Waals surface area contributed by atoms with E-state index in [0.717, 1.165) is 49.6 Å². The summed E-state index contributed by atoms with van der Waals surface area (Å²) in [7, 11) is 0. The first-order valence-corrected chi connectivity index (χ1v) is 11.1. The van der Waals surface area contributed by atoms with Crippen molar-refractivity contribution in [2.45, 2.75) is 61.4 Å². The molecule has 1 saturated heterocycles. The maximum atomic E-state index is 12.6.